The van der Waals surface area contributed by atoms with Crippen LogP contribution in [0.25, 0.3) is 0 Å². The van der Waals surface area contributed by atoms with Gasteiger partial charge >= 0.3 is 0 Å². The van der Waals surface area contributed by atoms with Gasteiger partial charge in [-0.1, -0.05) is 0 Å². The molecule has 0 saturated carbocycles. The Balaban J connectivity index is 3.29. The van der Waals surface area contributed by atoms with Crippen molar-refractivity contribution in [2.45, 2.75) is 13.8 Å². The maximum Gasteiger partial charge on any atom is 0.231 e. The number of methoxy groups -OCH3 is 1. The molecular weight excluding hydrogens is 142 g/mol. The van der Waals surface area contributed by atoms with Crippen LogP contribution in [-0.2, 0) is 0 Å². The number of hydrogen-bond acceptors (Lipinski definition) is 2. The number of nitrogens with zero attached hydrogens (tertiary/aromatic N) is 1. The van der Waals surface area contributed by atoms with Crippen LogP contribution in [-0.4, -0.2) is 7.11 Å². The van der Waals surface area contributed by atoms with Gasteiger partial charge in [-0.15, -0.1) is 0 Å². The second-order valence-corrected chi connectivity index (χ2v) is 2.44. The molecule has 0 aliphatic rings. The van der Waals surface area contributed by atoms with E-state index in [-0.39, 0.29) is 0 Å². The topological polar surface area (TPSA) is 36.2 Å². The normalized spacial score (nSPS) is 9.73. The second kappa shape index (κ2) is 2.78. The van der Waals surface area contributed by atoms with Crippen molar-refractivity contribution in [1.82, 2.24) is 0 Å². The SMILES string of the molecule is COc1c(C)cc[n+]([O-])c1C. The van der Waals surface area contributed by atoms with E-state index in [4.69, 9.17) is 4.74 Å². The van der Waals surface area contributed by atoms with E-state index < -0.39 is 0 Å². The standard InChI is InChI=1S/C8H11NO2/c1-6-4-5-9(10)7(2)8(6)11-3/h4-5H,1-3H3. The molecule has 0 amide bonds. The number of pyridine rings is 1. The first-order valence-electron chi connectivity index (χ1n) is 3.40. The molecule has 1 aromatic heterocycles. The van der Waals surface area contributed by atoms with Gasteiger partial charge in [0.2, 0.25) is 5.69 Å². The van der Waals surface area contributed by atoms with Crippen LogP contribution in [0.15, 0.2) is 12.3 Å². The molecule has 0 aliphatic heterocycles. The molecular formula is C8H11NO2. The van der Waals surface area contributed by atoms with E-state index in [9.17, 15) is 5.21 Å². The molecule has 1 aromatic rings. The van der Waals surface area contributed by atoms with E-state index in [2.05, 4.69) is 0 Å². The summed E-state index contributed by atoms with van der Waals surface area (Å²) in [7, 11) is 1.56. The van der Waals surface area contributed by atoms with Crippen LogP contribution < -0.4 is 9.47 Å². The summed E-state index contributed by atoms with van der Waals surface area (Å²) in [5.74, 6) is 0.669. The van der Waals surface area contributed by atoms with E-state index >= 15 is 0 Å². The van der Waals surface area contributed by atoms with Gasteiger partial charge in [-0.25, -0.2) is 0 Å². The van der Waals surface area contributed by atoms with Gasteiger partial charge in [-0.05, 0) is 6.92 Å². The van der Waals surface area contributed by atoms with Gasteiger partial charge in [-0.2, -0.15) is 4.73 Å². The molecule has 0 N–H and O–H groups in total. The Morgan fingerprint density at radius 2 is 2.09 bits per heavy atom. The first kappa shape index (κ1) is 7.85. The predicted molar refractivity (Wildman–Crippen MR) is 41.4 cm³/mol. The molecule has 0 fully saturated rings. The number of aryl methyl sites for hydroxylation is 1. The predicted octanol–water partition coefficient (Wildman–Crippen LogP) is 0.945. The summed E-state index contributed by atoms with van der Waals surface area (Å²) in [5, 5.41) is 11.0. The van der Waals surface area contributed by atoms with Crippen LogP contribution in [0.2, 0.25) is 0 Å². The minimum Gasteiger partial charge on any atom is -0.618 e. The Morgan fingerprint density at radius 1 is 1.45 bits per heavy atom. The molecule has 0 saturated heterocycles. The van der Waals surface area contributed by atoms with Gasteiger partial charge in [0.1, 0.15) is 0 Å². The summed E-state index contributed by atoms with van der Waals surface area (Å²) in [6.45, 7) is 3.64. The van der Waals surface area contributed by atoms with Gasteiger partial charge in [0.15, 0.2) is 11.9 Å². The van der Waals surface area contributed by atoms with Crippen molar-refractivity contribution in [1.29, 1.82) is 0 Å². The zero-order valence-corrected chi connectivity index (χ0v) is 6.92. The largest absolute Gasteiger partial charge is 0.618 e. The summed E-state index contributed by atoms with van der Waals surface area (Å²) in [5.41, 5.74) is 1.59. The maximum atomic E-state index is 11.0. The lowest BCUT2D eigenvalue weighted by molar-refractivity contribution is -0.612. The quantitative estimate of drug-likeness (QED) is 0.444. The summed E-state index contributed by atoms with van der Waals surface area (Å²) in [6, 6.07) is 1.73. The van der Waals surface area contributed by atoms with Gasteiger partial charge in [0.05, 0.1) is 7.11 Å². The number of aromatic nitrogens is 1. The van der Waals surface area contributed by atoms with Crippen molar-refractivity contribution in [2.75, 3.05) is 7.11 Å². The third-order valence-corrected chi connectivity index (χ3v) is 1.68. The fourth-order valence-corrected chi connectivity index (χ4v) is 1.06. The Labute approximate surface area is 65.8 Å². The first-order valence-corrected chi connectivity index (χ1v) is 3.40. The highest BCUT2D eigenvalue weighted by molar-refractivity contribution is 5.32. The minimum absolute atomic E-state index is 0.604. The molecule has 1 rings (SSSR count). The minimum atomic E-state index is 0.604. The fraction of sp³-hybridized carbons (Fsp3) is 0.375. The average molecular weight is 153 g/mol. The Morgan fingerprint density at radius 3 is 2.55 bits per heavy atom. The van der Waals surface area contributed by atoms with E-state index in [1.165, 1.54) is 6.20 Å². The van der Waals surface area contributed by atoms with E-state index in [0.717, 1.165) is 10.3 Å². The number of rotatable bonds is 1. The molecule has 0 aliphatic carbocycles. The summed E-state index contributed by atoms with van der Waals surface area (Å²) >= 11 is 0. The summed E-state index contributed by atoms with van der Waals surface area (Å²) in [6.07, 6.45) is 1.48. The Hall–Kier alpha value is -1.25. The van der Waals surface area contributed by atoms with Gasteiger partial charge in [0, 0.05) is 18.6 Å². The lowest BCUT2D eigenvalue weighted by atomic mass is 10.2. The van der Waals surface area contributed by atoms with Crippen LogP contribution in [0.3, 0.4) is 0 Å². The van der Waals surface area contributed by atoms with Crippen molar-refractivity contribution in [3.8, 4) is 5.75 Å². The fourth-order valence-electron chi connectivity index (χ4n) is 1.06. The van der Waals surface area contributed by atoms with Gasteiger partial charge in [0.25, 0.3) is 0 Å². The summed E-state index contributed by atoms with van der Waals surface area (Å²) in [4.78, 5) is 0. The molecule has 11 heavy (non-hydrogen) atoms. The molecule has 0 radical (unpaired) electrons. The maximum absolute atomic E-state index is 11.0. The van der Waals surface area contributed by atoms with Crippen LogP contribution >= 0.6 is 0 Å². The number of hydrogen-bond donors (Lipinski definition) is 0. The molecule has 0 atom stereocenters. The average Bonchev–Trinajstić information content (AvgIpc) is 1.99. The third-order valence-electron chi connectivity index (χ3n) is 1.68. The number of ether oxygens (including phenoxy) is 1. The molecule has 60 valence electrons. The molecule has 0 aromatic carbocycles. The zero-order chi connectivity index (χ0) is 8.43. The highest BCUT2D eigenvalue weighted by Crippen LogP contribution is 2.17. The van der Waals surface area contributed by atoms with Crippen LogP contribution in [0.5, 0.6) is 5.75 Å². The monoisotopic (exact) mass is 153 g/mol. The Kier molecular flexibility index (Phi) is 1.98. The van der Waals surface area contributed by atoms with Crippen molar-refractivity contribution < 1.29 is 9.47 Å². The van der Waals surface area contributed by atoms with Crippen LogP contribution in [0.1, 0.15) is 11.3 Å². The lowest BCUT2D eigenvalue weighted by Crippen LogP contribution is -2.29. The Bertz CT molecular complexity index is 271. The second-order valence-electron chi connectivity index (χ2n) is 2.44. The van der Waals surface area contributed by atoms with Crippen molar-refractivity contribution >= 4 is 0 Å². The van der Waals surface area contributed by atoms with Crippen molar-refractivity contribution in [3.05, 3.63) is 28.7 Å². The van der Waals surface area contributed by atoms with Gasteiger partial charge < -0.3 is 9.94 Å². The highest BCUT2D eigenvalue weighted by Gasteiger charge is 2.09. The van der Waals surface area contributed by atoms with E-state index in [0.29, 0.717) is 11.4 Å². The molecule has 3 nitrogen and oxygen atoms in total. The van der Waals surface area contributed by atoms with Crippen LogP contribution in [0, 0.1) is 19.1 Å². The molecule has 0 unspecified atom stereocenters. The molecule has 0 spiro atoms. The zero-order valence-electron chi connectivity index (χ0n) is 6.92. The molecule has 3 heteroatoms. The first-order chi connectivity index (χ1) is 5.16. The molecule has 0 bridgehead atoms. The van der Waals surface area contributed by atoms with Crippen LogP contribution in [0.4, 0.5) is 0 Å². The molecule has 1 heterocycles. The lowest BCUT2D eigenvalue weighted by Gasteiger charge is -2.07. The van der Waals surface area contributed by atoms with Crippen molar-refractivity contribution in [2.24, 2.45) is 0 Å². The highest BCUT2D eigenvalue weighted by atomic mass is 16.5. The van der Waals surface area contributed by atoms with Crippen molar-refractivity contribution in [3.63, 3.8) is 0 Å². The van der Waals surface area contributed by atoms with Gasteiger partial charge in [-0.3, -0.25) is 0 Å². The smallest absolute Gasteiger partial charge is 0.231 e. The van der Waals surface area contributed by atoms with E-state index in [1.54, 1.807) is 20.1 Å². The summed E-state index contributed by atoms with van der Waals surface area (Å²) < 4.78 is 5.83. The van der Waals surface area contributed by atoms with E-state index in [1.807, 2.05) is 6.92 Å². The third kappa shape index (κ3) is 1.27.